The summed E-state index contributed by atoms with van der Waals surface area (Å²) in [6.45, 7) is 4.71. The summed E-state index contributed by atoms with van der Waals surface area (Å²) in [7, 11) is -3.68. The standard InChI is InChI=1S/C23H28N2O5S/c1-3-30-23(27)19-9-8-10-20(15-19)24-22(26)18-12-11-17(2)21(16-18)31(28,29)25-13-6-4-5-7-14-25/h8-12,15-16H,3-7,13-14H2,1-2H3,(H,24,26). The van der Waals surface area contributed by atoms with Crippen molar-refractivity contribution < 1.29 is 22.7 Å². The molecule has 0 radical (unpaired) electrons. The van der Waals surface area contributed by atoms with Crippen molar-refractivity contribution in [1.82, 2.24) is 4.31 Å². The third-order valence-electron chi connectivity index (χ3n) is 5.26. The maximum absolute atomic E-state index is 13.2. The second-order valence-electron chi connectivity index (χ2n) is 7.55. The number of aryl methyl sites for hydroxylation is 1. The molecule has 0 unspecified atom stereocenters. The first-order valence-electron chi connectivity index (χ1n) is 10.5. The van der Waals surface area contributed by atoms with Gasteiger partial charge in [0.05, 0.1) is 17.1 Å². The number of amides is 1. The van der Waals surface area contributed by atoms with E-state index in [9.17, 15) is 18.0 Å². The van der Waals surface area contributed by atoms with E-state index in [1.807, 2.05) is 0 Å². The van der Waals surface area contributed by atoms with E-state index in [0.717, 1.165) is 25.7 Å². The molecule has 0 saturated carbocycles. The highest BCUT2D eigenvalue weighted by molar-refractivity contribution is 7.89. The van der Waals surface area contributed by atoms with Crippen LogP contribution in [0.15, 0.2) is 47.4 Å². The normalized spacial score (nSPS) is 15.2. The van der Waals surface area contributed by atoms with E-state index >= 15 is 0 Å². The van der Waals surface area contributed by atoms with E-state index in [-0.39, 0.29) is 17.1 Å². The average molecular weight is 445 g/mol. The highest BCUT2D eigenvalue weighted by atomic mass is 32.2. The largest absolute Gasteiger partial charge is 0.462 e. The van der Waals surface area contributed by atoms with E-state index in [4.69, 9.17) is 4.74 Å². The summed E-state index contributed by atoms with van der Waals surface area (Å²) in [5, 5.41) is 2.73. The van der Waals surface area contributed by atoms with Crippen molar-refractivity contribution in [1.29, 1.82) is 0 Å². The summed E-state index contributed by atoms with van der Waals surface area (Å²) in [6, 6.07) is 11.1. The summed E-state index contributed by atoms with van der Waals surface area (Å²) in [4.78, 5) is 24.9. The SMILES string of the molecule is CCOC(=O)c1cccc(NC(=O)c2ccc(C)c(S(=O)(=O)N3CCCCCC3)c2)c1. The lowest BCUT2D eigenvalue weighted by molar-refractivity contribution is 0.0526. The Balaban J connectivity index is 1.83. The Kier molecular flexibility index (Phi) is 7.46. The molecule has 166 valence electrons. The molecular weight excluding hydrogens is 416 g/mol. The van der Waals surface area contributed by atoms with Crippen molar-refractivity contribution in [2.45, 2.75) is 44.4 Å². The van der Waals surface area contributed by atoms with Crippen LogP contribution in [0, 0.1) is 6.92 Å². The van der Waals surface area contributed by atoms with Crippen molar-refractivity contribution in [3.05, 3.63) is 59.2 Å². The Morgan fingerprint density at radius 3 is 2.39 bits per heavy atom. The fourth-order valence-electron chi connectivity index (χ4n) is 3.58. The zero-order chi connectivity index (χ0) is 22.4. The molecule has 2 aromatic carbocycles. The predicted octanol–water partition coefficient (Wildman–Crippen LogP) is 3.99. The number of carbonyl (C=O) groups is 2. The van der Waals surface area contributed by atoms with Gasteiger partial charge in [-0.15, -0.1) is 0 Å². The van der Waals surface area contributed by atoms with Gasteiger partial charge in [0.2, 0.25) is 10.0 Å². The highest BCUT2D eigenvalue weighted by Gasteiger charge is 2.27. The van der Waals surface area contributed by atoms with Crippen LogP contribution in [-0.4, -0.2) is 44.3 Å². The second kappa shape index (κ2) is 10.1. The van der Waals surface area contributed by atoms with E-state index < -0.39 is 21.9 Å². The lowest BCUT2D eigenvalue weighted by Gasteiger charge is -2.21. The minimum Gasteiger partial charge on any atom is -0.462 e. The van der Waals surface area contributed by atoms with Crippen LogP contribution in [0.4, 0.5) is 5.69 Å². The molecule has 1 heterocycles. The number of hydrogen-bond donors (Lipinski definition) is 1. The first kappa shape index (κ1) is 23.0. The van der Waals surface area contributed by atoms with Crippen molar-refractivity contribution >= 4 is 27.6 Å². The Labute approximate surface area is 183 Å². The van der Waals surface area contributed by atoms with E-state index in [0.29, 0.717) is 29.9 Å². The van der Waals surface area contributed by atoms with Crippen molar-refractivity contribution in [3.8, 4) is 0 Å². The van der Waals surface area contributed by atoms with Gasteiger partial charge < -0.3 is 10.1 Å². The number of hydrogen-bond acceptors (Lipinski definition) is 5. The number of esters is 1. The van der Waals surface area contributed by atoms with E-state index in [1.54, 1.807) is 44.2 Å². The number of carbonyl (C=O) groups excluding carboxylic acids is 2. The average Bonchev–Trinajstić information content (AvgIpc) is 3.04. The number of benzene rings is 2. The number of ether oxygens (including phenoxy) is 1. The number of nitrogens with one attached hydrogen (secondary N) is 1. The van der Waals surface area contributed by atoms with Gasteiger partial charge in [-0.05, 0) is 62.6 Å². The summed E-state index contributed by atoms with van der Waals surface area (Å²) in [5.41, 5.74) is 1.59. The van der Waals surface area contributed by atoms with Crippen LogP contribution < -0.4 is 5.32 Å². The first-order chi connectivity index (χ1) is 14.8. The topological polar surface area (TPSA) is 92.8 Å². The van der Waals surface area contributed by atoms with Gasteiger partial charge >= 0.3 is 5.97 Å². The van der Waals surface area contributed by atoms with Crippen molar-refractivity contribution in [2.75, 3.05) is 25.0 Å². The van der Waals surface area contributed by atoms with E-state index in [1.165, 1.54) is 16.4 Å². The van der Waals surface area contributed by atoms with Crippen molar-refractivity contribution in [3.63, 3.8) is 0 Å². The van der Waals surface area contributed by atoms with Crippen LogP contribution in [0.5, 0.6) is 0 Å². The second-order valence-corrected chi connectivity index (χ2v) is 9.46. The number of sulfonamides is 1. The summed E-state index contributed by atoms with van der Waals surface area (Å²) in [6.07, 6.45) is 3.74. The molecule has 1 saturated heterocycles. The Hall–Kier alpha value is -2.71. The van der Waals surface area contributed by atoms with Gasteiger partial charge in [-0.3, -0.25) is 4.79 Å². The lowest BCUT2D eigenvalue weighted by atomic mass is 10.1. The highest BCUT2D eigenvalue weighted by Crippen LogP contribution is 2.25. The molecule has 0 atom stereocenters. The molecule has 1 fully saturated rings. The molecule has 0 spiro atoms. The van der Waals surface area contributed by atoms with Gasteiger partial charge in [-0.1, -0.05) is 25.0 Å². The Bertz CT molecular complexity index is 1060. The van der Waals surface area contributed by atoms with Crippen LogP contribution in [0.1, 0.15) is 58.9 Å². The van der Waals surface area contributed by atoms with Gasteiger partial charge in [-0.2, -0.15) is 4.31 Å². The fraction of sp³-hybridized carbons (Fsp3) is 0.391. The van der Waals surface area contributed by atoms with Gasteiger partial charge in [0.25, 0.3) is 5.91 Å². The zero-order valence-electron chi connectivity index (χ0n) is 17.9. The molecule has 1 aliphatic rings. The molecular formula is C23H28N2O5S. The smallest absolute Gasteiger partial charge is 0.338 e. The number of anilines is 1. The fourth-order valence-corrected chi connectivity index (χ4v) is 5.35. The number of rotatable bonds is 6. The molecule has 1 amide bonds. The number of nitrogens with zero attached hydrogens (tertiary/aromatic N) is 1. The maximum Gasteiger partial charge on any atom is 0.338 e. The van der Waals surface area contributed by atoms with Gasteiger partial charge in [0.15, 0.2) is 0 Å². The van der Waals surface area contributed by atoms with E-state index in [2.05, 4.69) is 5.32 Å². The molecule has 1 N–H and O–H groups in total. The quantitative estimate of drug-likeness (QED) is 0.680. The summed E-state index contributed by atoms with van der Waals surface area (Å²) >= 11 is 0. The summed E-state index contributed by atoms with van der Waals surface area (Å²) < 4.78 is 32.9. The Morgan fingerprint density at radius 1 is 1.00 bits per heavy atom. The molecule has 2 aromatic rings. The molecule has 0 bridgehead atoms. The van der Waals surface area contributed by atoms with Crippen molar-refractivity contribution in [2.24, 2.45) is 0 Å². The van der Waals surface area contributed by atoms with Gasteiger partial charge in [-0.25, -0.2) is 13.2 Å². The third kappa shape index (κ3) is 5.51. The van der Waals surface area contributed by atoms with Crippen LogP contribution in [0.25, 0.3) is 0 Å². The molecule has 0 aliphatic carbocycles. The van der Waals surface area contributed by atoms with Gasteiger partial charge in [0, 0.05) is 24.3 Å². The molecule has 0 aromatic heterocycles. The van der Waals surface area contributed by atoms with Gasteiger partial charge in [0.1, 0.15) is 0 Å². The van der Waals surface area contributed by atoms with Crippen LogP contribution in [0.2, 0.25) is 0 Å². The molecule has 1 aliphatic heterocycles. The minimum atomic E-state index is -3.68. The monoisotopic (exact) mass is 444 g/mol. The maximum atomic E-state index is 13.2. The molecule has 31 heavy (non-hydrogen) atoms. The van der Waals surface area contributed by atoms with Crippen LogP contribution in [-0.2, 0) is 14.8 Å². The van der Waals surface area contributed by atoms with Crippen LogP contribution in [0.3, 0.4) is 0 Å². The van der Waals surface area contributed by atoms with Crippen LogP contribution >= 0.6 is 0 Å². The molecule has 3 rings (SSSR count). The third-order valence-corrected chi connectivity index (χ3v) is 7.31. The summed E-state index contributed by atoms with van der Waals surface area (Å²) in [5.74, 6) is -0.923. The predicted molar refractivity (Wildman–Crippen MR) is 119 cm³/mol. The first-order valence-corrected chi connectivity index (χ1v) is 12.0. The lowest BCUT2D eigenvalue weighted by Crippen LogP contribution is -2.32. The minimum absolute atomic E-state index is 0.155. The molecule has 8 heteroatoms. The Morgan fingerprint density at radius 2 is 1.71 bits per heavy atom. The zero-order valence-corrected chi connectivity index (χ0v) is 18.7. The molecule has 7 nitrogen and oxygen atoms in total.